The van der Waals surface area contributed by atoms with E-state index in [2.05, 4.69) is 11.4 Å². The summed E-state index contributed by atoms with van der Waals surface area (Å²) in [4.78, 5) is 12.2. The van der Waals surface area contributed by atoms with E-state index in [0.29, 0.717) is 6.54 Å². The van der Waals surface area contributed by atoms with Crippen LogP contribution in [0.5, 0.6) is 0 Å². The highest BCUT2D eigenvalue weighted by Crippen LogP contribution is 2.21. The van der Waals surface area contributed by atoms with Gasteiger partial charge >= 0.3 is 0 Å². The fourth-order valence-electron chi connectivity index (χ4n) is 3.24. The molecule has 5 nitrogen and oxygen atoms in total. The minimum Gasteiger partial charge on any atom is -0.326 e. The first-order chi connectivity index (χ1) is 12.3. The van der Waals surface area contributed by atoms with Crippen LogP contribution in [-0.2, 0) is 14.8 Å². The highest BCUT2D eigenvalue weighted by molar-refractivity contribution is 7.88. The van der Waals surface area contributed by atoms with Crippen molar-refractivity contribution in [3.63, 3.8) is 0 Å². The number of hydrogen-bond donors (Lipinski definition) is 1. The molecule has 0 aliphatic heterocycles. The van der Waals surface area contributed by atoms with Gasteiger partial charge in [-0.1, -0.05) is 29.3 Å². The number of carbonyl (C=O) groups excluding carboxylic acids is 1. The lowest BCUT2D eigenvalue weighted by Gasteiger charge is -2.21. The van der Waals surface area contributed by atoms with Crippen LogP contribution in [0.25, 0.3) is 0 Å². The number of rotatable bonds is 8. The monoisotopic (exact) mass is 378 g/mol. The van der Waals surface area contributed by atoms with Crippen molar-refractivity contribution < 1.29 is 13.2 Å². The Morgan fingerprint density at radius 3 is 2.58 bits per heavy atom. The van der Waals surface area contributed by atoms with Gasteiger partial charge in [0.15, 0.2) is 0 Å². The maximum atomic E-state index is 12.2. The summed E-state index contributed by atoms with van der Waals surface area (Å²) in [5.41, 5.74) is 4.26. The van der Waals surface area contributed by atoms with Gasteiger partial charge in [-0.2, -0.15) is 0 Å². The molecule has 0 fully saturated rings. The van der Waals surface area contributed by atoms with E-state index in [1.807, 2.05) is 32.0 Å². The molecule has 2 rings (SSSR count). The molecule has 1 aliphatic carbocycles. The number of hydrogen-bond acceptors (Lipinski definition) is 3. The molecule has 0 atom stereocenters. The summed E-state index contributed by atoms with van der Waals surface area (Å²) in [5, 5.41) is 2.88. The Kier molecular flexibility index (Phi) is 7.41. The SMILES string of the molecule is Cc1ccc(NC(=O)CCN(CCC2=CCCCC2)S(C)(=O)=O)c(C)c1. The molecule has 0 saturated carbocycles. The highest BCUT2D eigenvalue weighted by atomic mass is 32.2. The lowest BCUT2D eigenvalue weighted by Crippen LogP contribution is -2.34. The molecule has 0 bridgehead atoms. The Bertz CT molecular complexity index is 769. The van der Waals surface area contributed by atoms with Gasteiger partial charge in [0.1, 0.15) is 0 Å². The fourth-order valence-corrected chi connectivity index (χ4v) is 4.08. The Hall–Kier alpha value is -1.66. The van der Waals surface area contributed by atoms with Gasteiger partial charge in [-0.15, -0.1) is 0 Å². The Morgan fingerprint density at radius 2 is 1.96 bits per heavy atom. The summed E-state index contributed by atoms with van der Waals surface area (Å²) >= 11 is 0. The average Bonchev–Trinajstić information content (AvgIpc) is 2.57. The molecular weight excluding hydrogens is 348 g/mol. The van der Waals surface area contributed by atoms with Crippen molar-refractivity contribution in [2.24, 2.45) is 0 Å². The van der Waals surface area contributed by atoms with E-state index < -0.39 is 10.0 Å². The third kappa shape index (κ3) is 6.57. The Morgan fingerprint density at radius 1 is 1.19 bits per heavy atom. The van der Waals surface area contributed by atoms with E-state index in [1.54, 1.807) is 0 Å². The number of benzene rings is 1. The zero-order chi connectivity index (χ0) is 19.2. The van der Waals surface area contributed by atoms with Gasteiger partial charge < -0.3 is 5.32 Å². The van der Waals surface area contributed by atoms with Crippen LogP contribution in [0.3, 0.4) is 0 Å². The van der Waals surface area contributed by atoms with Crippen molar-refractivity contribution in [1.29, 1.82) is 0 Å². The Balaban J connectivity index is 1.89. The standard InChI is InChI=1S/C20H30N2O3S/c1-16-9-10-19(17(2)15-16)21-20(23)12-14-22(26(3,24)25)13-11-18-7-5-4-6-8-18/h7,9-10,15H,4-6,8,11-14H2,1-3H3,(H,21,23). The molecule has 0 heterocycles. The average molecular weight is 379 g/mol. The predicted octanol–water partition coefficient (Wildman–Crippen LogP) is 3.78. The van der Waals surface area contributed by atoms with Crippen LogP contribution >= 0.6 is 0 Å². The minimum atomic E-state index is -3.32. The summed E-state index contributed by atoms with van der Waals surface area (Å²) in [6.07, 6.45) is 8.91. The molecule has 1 aromatic rings. The maximum absolute atomic E-state index is 12.2. The number of carbonyl (C=O) groups is 1. The van der Waals surface area contributed by atoms with E-state index in [9.17, 15) is 13.2 Å². The quantitative estimate of drug-likeness (QED) is 0.700. The number of allylic oxidation sites excluding steroid dienone is 1. The normalized spacial score (nSPS) is 15.0. The van der Waals surface area contributed by atoms with Crippen molar-refractivity contribution in [3.05, 3.63) is 41.0 Å². The maximum Gasteiger partial charge on any atom is 0.225 e. The van der Waals surface area contributed by atoms with Gasteiger partial charge in [-0.05, 0) is 57.6 Å². The second-order valence-corrected chi connectivity index (χ2v) is 9.12. The number of sulfonamides is 1. The molecule has 1 amide bonds. The molecular formula is C20H30N2O3S. The second kappa shape index (κ2) is 9.33. The number of aryl methyl sites for hydroxylation is 2. The van der Waals surface area contributed by atoms with Crippen LogP contribution in [0.1, 0.15) is 49.7 Å². The first-order valence-corrected chi connectivity index (χ1v) is 11.1. The van der Waals surface area contributed by atoms with Gasteiger partial charge in [0.05, 0.1) is 6.26 Å². The number of amides is 1. The smallest absolute Gasteiger partial charge is 0.225 e. The van der Waals surface area contributed by atoms with Crippen LogP contribution in [0.4, 0.5) is 5.69 Å². The fraction of sp³-hybridized carbons (Fsp3) is 0.550. The molecule has 1 aromatic carbocycles. The Labute approximate surface area is 157 Å². The van der Waals surface area contributed by atoms with Gasteiger partial charge in [0.25, 0.3) is 0 Å². The van der Waals surface area contributed by atoms with E-state index in [1.165, 1.54) is 29.0 Å². The van der Waals surface area contributed by atoms with Gasteiger partial charge in [-0.25, -0.2) is 12.7 Å². The van der Waals surface area contributed by atoms with E-state index >= 15 is 0 Å². The molecule has 0 spiro atoms. The summed E-state index contributed by atoms with van der Waals surface area (Å²) in [7, 11) is -3.32. The van der Waals surface area contributed by atoms with Crippen LogP contribution in [0.2, 0.25) is 0 Å². The molecule has 6 heteroatoms. The predicted molar refractivity (Wildman–Crippen MR) is 107 cm³/mol. The summed E-state index contributed by atoms with van der Waals surface area (Å²) in [6, 6.07) is 5.84. The van der Waals surface area contributed by atoms with Gasteiger partial charge in [0.2, 0.25) is 15.9 Å². The van der Waals surface area contributed by atoms with E-state index in [4.69, 9.17) is 0 Å². The van der Waals surface area contributed by atoms with Crippen molar-refractivity contribution >= 4 is 21.6 Å². The van der Waals surface area contributed by atoms with Crippen LogP contribution < -0.4 is 5.32 Å². The van der Waals surface area contributed by atoms with Gasteiger partial charge in [-0.3, -0.25) is 4.79 Å². The summed E-state index contributed by atoms with van der Waals surface area (Å²) < 4.78 is 25.5. The molecule has 0 radical (unpaired) electrons. The minimum absolute atomic E-state index is 0.152. The number of anilines is 1. The first kappa shape index (κ1) is 20.6. The van der Waals surface area contributed by atoms with Crippen molar-refractivity contribution in [3.8, 4) is 0 Å². The van der Waals surface area contributed by atoms with Crippen molar-refractivity contribution in [1.82, 2.24) is 4.31 Å². The summed E-state index contributed by atoms with van der Waals surface area (Å²) in [6.45, 7) is 4.61. The topological polar surface area (TPSA) is 66.5 Å². The number of nitrogens with one attached hydrogen (secondary N) is 1. The lowest BCUT2D eigenvalue weighted by atomic mass is 9.97. The molecule has 1 aliphatic rings. The third-order valence-corrected chi connectivity index (χ3v) is 6.08. The van der Waals surface area contributed by atoms with Crippen LogP contribution in [-0.4, -0.2) is 38.0 Å². The molecule has 0 saturated heterocycles. The summed E-state index contributed by atoms with van der Waals surface area (Å²) in [5.74, 6) is -0.164. The van der Waals surface area contributed by atoms with E-state index in [0.717, 1.165) is 36.1 Å². The zero-order valence-corrected chi connectivity index (χ0v) is 16.9. The molecule has 0 unspecified atom stereocenters. The van der Waals surface area contributed by atoms with Crippen LogP contribution in [0, 0.1) is 13.8 Å². The largest absolute Gasteiger partial charge is 0.326 e. The van der Waals surface area contributed by atoms with Crippen molar-refractivity contribution in [2.75, 3.05) is 24.7 Å². The highest BCUT2D eigenvalue weighted by Gasteiger charge is 2.18. The van der Waals surface area contributed by atoms with E-state index in [-0.39, 0.29) is 18.9 Å². The molecule has 0 aromatic heterocycles. The number of nitrogens with zero attached hydrogens (tertiary/aromatic N) is 1. The lowest BCUT2D eigenvalue weighted by molar-refractivity contribution is -0.116. The first-order valence-electron chi connectivity index (χ1n) is 9.26. The second-order valence-electron chi connectivity index (χ2n) is 7.14. The molecule has 1 N–H and O–H groups in total. The zero-order valence-electron chi connectivity index (χ0n) is 16.0. The molecule has 26 heavy (non-hydrogen) atoms. The van der Waals surface area contributed by atoms with Crippen molar-refractivity contribution in [2.45, 2.75) is 52.4 Å². The third-order valence-electron chi connectivity index (χ3n) is 4.78. The van der Waals surface area contributed by atoms with Gasteiger partial charge in [0, 0.05) is 25.2 Å². The molecule has 144 valence electrons. The van der Waals surface area contributed by atoms with Crippen LogP contribution in [0.15, 0.2) is 29.8 Å².